The quantitative estimate of drug-likeness (QED) is 0.638. The van der Waals surface area contributed by atoms with E-state index >= 15 is 0 Å². The Balaban J connectivity index is 1.94. The van der Waals surface area contributed by atoms with Crippen LogP contribution in [0.5, 0.6) is 0 Å². The van der Waals surface area contributed by atoms with Crippen molar-refractivity contribution in [2.75, 3.05) is 11.9 Å². The third kappa shape index (κ3) is 6.95. The zero-order valence-corrected chi connectivity index (χ0v) is 19.0. The Hall–Kier alpha value is -2.74. The van der Waals surface area contributed by atoms with Crippen molar-refractivity contribution in [1.29, 1.82) is 0 Å². The number of carbonyl (C=O) groups is 3. The first kappa shape index (κ1) is 23.5. The maximum Gasteiger partial charge on any atom is 0.254 e. The minimum Gasteiger partial charge on any atom is -0.353 e. The predicted molar refractivity (Wildman–Crippen MR) is 120 cm³/mol. The number of aromatic nitrogens is 1. The fourth-order valence-electron chi connectivity index (χ4n) is 2.63. The van der Waals surface area contributed by atoms with E-state index in [4.69, 9.17) is 0 Å². The van der Waals surface area contributed by atoms with E-state index in [1.54, 1.807) is 29.6 Å². The number of benzene rings is 1. The molecule has 0 radical (unpaired) electrons. The van der Waals surface area contributed by atoms with Gasteiger partial charge in [-0.2, -0.15) is 0 Å². The summed E-state index contributed by atoms with van der Waals surface area (Å²) in [5.41, 5.74) is 1.14. The van der Waals surface area contributed by atoms with Crippen LogP contribution in [-0.4, -0.2) is 46.2 Å². The molecule has 1 aromatic carbocycles. The van der Waals surface area contributed by atoms with Crippen LogP contribution in [0.1, 0.15) is 50.7 Å². The largest absolute Gasteiger partial charge is 0.353 e. The smallest absolute Gasteiger partial charge is 0.254 e. The Labute approximate surface area is 181 Å². The van der Waals surface area contributed by atoms with Gasteiger partial charge in [-0.25, -0.2) is 4.98 Å². The maximum absolute atomic E-state index is 12.7. The van der Waals surface area contributed by atoms with Crippen molar-refractivity contribution >= 4 is 34.2 Å². The third-order valence-electron chi connectivity index (χ3n) is 4.75. The molecule has 1 unspecified atom stereocenters. The van der Waals surface area contributed by atoms with E-state index in [0.29, 0.717) is 22.3 Å². The molecule has 0 aliphatic carbocycles. The van der Waals surface area contributed by atoms with Gasteiger partial charge in [0.2, 0.25) is 11.8 Å². The standard InChI is InChI=1S/C22H30N4O3S/c1-14(2)16(5)23-19(27)11-18-13-30-22(24-18)25-20(28)12-26(15(3)4)21(29)17-9-7-6-8-10-17/h6-10,13-16H,11-12H2,1-5H3,(H,23,27)(H,24,25,28). The molecule has 0 bridgehead atoms. The molecule has 162 valence electrons. The van der Waals surface area contributed by atoms with Gasteiger partial charge in [-0.15, -0.1) is 11.3 Å². The van der Waals surface area contributed by atoms with Gasteiger partial charge >= 0.3 is 0 Å². The lowest BCUT2D eigenvalue weighted by Crippen LogP contribution is -2.42. The number of rotatable bonds is 9. The lowest BCUT2D eigenvalue weighted by atomic mass is 10.1. The summed E-state index contributed by atoms with van der Waals surface area (Å²) in [6.07, 6.45) is 0.161. The minimum absolute atomic E-state index is 0.0767. The molecule has 1 aromatic heterocycles. The second kappa shape index (κ2) is 10.9. The summed E-state index contributed by atoms with van der Waals surface area (Å²) in [6, 6.07) is 8.83. The van der Waals surface area contributed by atoms with Crippen molar-refractivity contribution in [3.05, 3.63) is 47.0 Å². The number of anilines is 1. The highest BCUT2D eigenvalue weighted by molar-refractivity contribution is 7.13. The summed E-state index contributed by atoms with van der Waals surface area (Å²) >= 11 is 1.26. The van der Waals surface area contributed by atoms with Crippen LogP contribution in [0, 0.1) is 5.92 Å². The number of hydrogen-bond acceptors (Lipinski definition) is 5. The van der Waals surface area contributed by atoms with Crippen LogP contribution >= 0.6 is 11.3 Å². The number of nitrogens with zero attached hydrogens (tertiary/aromatic N) is 2. The lowest BCUT2D eigenvalue weighted by molar-refractivity contribution is -0.121. The van der Waals surface area contributed by atoms with Crippen molar-refractivity contribution < 1.29 is 14.4 Å². The van der Waals surface area contributed by atoms with E-state index in [1.807, 2.05) is 40.7 Å². The van der Waals surface area contributed by atoms with Gasteiger partial charge in [0, 0.05) is 23.0 Å². The van der Waals surface area contributed by atoms with Crippen molar-refractivity contribution in [2.45, 2.75) is 53.1 Å². The molecule has 1 heterocycles. The van der Waals surface area contributed by atoms with Crippen LogP contribution in [0.4, 0.5) is 5.13 Å². The van der Waals surface area contributed by atoms with Gasteiger partial charge in [-0.1, -0.05) is 32.0 Å². The van der Waals surface area contributed by atoms with E-state index in [1.165, 1.54) is 16.2 Å². The van der Waals surface area contributed by atoms with Crippen LogP contribution in [0.3, 0.4) is 0 Å². The lowest BCUT2D eigenvalue weighted by Gasteiger charge is -2.26. The van der Waals surface area contributed by atoms with Crippen LogP contribution < -0.4 is 10.6 Å². The highest BCUT2D eigenvalue weighted by atomic mass is 32.1. The molecule has 30 heavy (non-hydrogen) atoms. The normalized spacial score (nSPS) is 12.0. The van der Waals surface area contributed by atoms with E-state index in [0.717, 1.165) is 0 Å². The molecule has 1 atom stereocenters. The third-order valence-corrected chi connectivity index (χ3v) is 5.55. The van der Waals surface area contributed by atoms with Crippen LogP contribution in [-0.2, 0) is 16.0 Å². The van der Waals surface area contributed by atoms with Crippen LogP contribution in [0.25, 0.3) is 0 Å². The average Bonchev–Trinajstić information content (AvgIpc) is 3.12. The van der Waals surface area contributed by atoms with E-state index in [2.05, 4.69) is 15.6 Å². The molecule has 0 spiro atoms. The summed E-state index contributed by atoms with van der Waals surface area (Å²) in [4.78, 5) is 43.2. The Morgan fingerprint density at radius 1 is 1.03 bits per heavy atom. The number of hydrogen-bond donors (Lipinski definition) is 2. The first-order chi connectivity index (χ1) is 14.2. The Morgan fingerprint density at radius 2 is 1.70 bits per heavy atom. The molecule has 2 aromatic rings. The minimum atomic E-state index is -0.327. The summed E-state index contributed by atoms with van der Waals surface area (Å²) in [7, 11) is 0. The molecule has 7 nitrogen and oxygen atoms in total. The van der Waals surface area contributed by atoms with Gasteiger partial charge in [0.1, 0.15) is 6.54 Å². The second-order valence-corrected chi connectivity index (χ2v) is 8.72. The van der Waals surface area contributed by atoms with Gasteiger partial charge in [-0.05, 0) is 38.8 Å². The molecule has 2 N–H and O–H groups in total. The molecule has 2 rings (SSSR count). The zero-order valence-electron chi connectivity index (χ0n) is 18.1. The molecular weight excluding hydrogens is 400 g/mol. The molecule has 3 amide bonds. The molecule has 0 aliphatic heterocycles. The van der Waals surface area contributed by atoms with Crippen molar-refractivity contribution in [2.24, 2.45) is 5.92 Å². The Bertz CT molecular complexity index is 864. The number of carbonyl (C=O) groups excluding carboxylic acids is 3. The Morgan fingerprint density at radius 3 is 2.30 bits per heavy atom. The fourth-order valence-corrected chi connectivity index (χ4v) is 3.36. The molecule has 0 aliphatic rings. The van der Waals surface area contributed by atoms with E-state index in [-0.39, 0.29) is 42.8 Å². The molecule has 0 saturated heterocycles. The molecule has 0 fully saturated rings. The Kier molecular flexibility index (Phi) is 8.53. The summed E-state index contributed by atoms with van der Waals surface area (Å²) in [5.74, 6) is -0.274. The summed E-state index contributed by atoms with van der Waals surface area (Å²) in [6.45, 7) is 9.72. The molecule has 0 saturated carbocycles. The monoisotopic (exact) mass is 430 g/mol. The van der Waals surface area contributed by atoms with Crippen LogP contribution in [0.2, 0.25) is 0 Å². The zero-order chi connectivity index (χ0) is 22.3. The first-order valence-corrected chi connectivity index (χ1v) is 10.9. The molecular formula is C22H30N4O3S. The highest BCUT2D eigenvalue weighted by Gasteiger charge is 2.22. The highest BCUT2D eigenvalue weighted by Crippen LogP contribution is 2.17. The average molecular weight is 431 g/mol. The second-order valence-electron chi connectivity index (χ2n) is 7.86. The van der Waals surface area contributed by atoms with Gasteiger partial charge < -0.3 is 15.5 Å². The molecule has 8 heteroatoms. The fraction of sp³-hybridized carbons (Fsp3) is 0.455. The van der Waals surface area contributed by atoms with Gasteiger partial charge in [0.15, 0.2) is 5.13 Å². The van der Waals surface area contributed by atoms with Crippen LogP contribution in [0.15, 0.2) is 35.7 Å². The summed E-state index contributed by atoms with van der Waals surface area (Å²) in [5, 5.41) is 7.83. The van der Waals surface area contributed by atoms with Crippen molar-refractivity contribution in [3.8, 4) is 0 Å². The maximum atomic E-state index is 12.7. The van der Waals surface area contributed by atoms with Crippen molar-refractivity contribution in [3.63, 3.8) is 0 Å². The van der Waals surface area contributed by atoms with E-state index < -0.39 is 0 Å². The van der Waals surface area contributed by atoms with Gasteiger partial charge in [-0.3, -0.25) is 14.4 Å². The van der Waals surface area contributed by atoms with Gasteiger partial charge in [0.05, 0.1) is 12.1 Å². The summed E-state index contributed by atoms with van der Waals surface area (Å²) < 4.78 is 0. The van der Waals surface area contributed by atoms with Crippen molar-refractivity contribution in [1.82, 2.24) is 15.2 Å². The first-order valence-electron chi connectivity index (χ1n) is 10.1. The predicted octanol–water partition coefficient (Wildman–Crippen LogP) is 3.34. The van der Waals surface area contributed by atoms with Gasteiger partial charge in [0.25, 0.3) is 5.91 Å². The SMILES string of the molecule is CC(C)C(C)NC(=O)Cc1csc(NC(=O)CN(C(=O)c2ccccc2)C(C)C)n1. The van der Waals surface area contributed by atoms with E-state index in [9.17, 15) is 14.4 Å². The number of thiazole rings is 1. The topological polar surface area (TPSA) is 91.4 Å². The number of amides is 3. The number of nitrogens with one attached hydrogen (secondary N) is 2.